The number of hydrogen-bond acceptors (Lipinski definition) is 1. The van der Waals surface area contributed by atoms with E-state index in [9.17, 15) is 0 Å². The van der Waals surface area contributed by atoms with Crippen LogP contribution in [0.5, 0.6) is 5.75 Å². The van der Waals surface area contributed by atoms with Crippen molar-refractivity contribution >= 4 is 23.2 Å². The molecule has 1 nitrogen and oxygen atoms in total. The number of hydrogen-bond donors (Lipinski definition) is 0. The number of ether oxygens (including phenoxy) is 1. The van der Waals surface area contributed by atoms with E-state index in [-0.39, 0.29) is 6.10 Å². The van der Waals surface area contributed by atoms with E-state index in [1.54, 1.807) is 18.2 Å². The summed E-state index contributed by atoms with van der Waals surface area (Å²) in [5.74, 6) is 0.688. The summed E-state index contributed by atoms with van der Waals surface area (Å²) in [6.07, 6.45) is 3.92. The molecule has 0 aliphatic rings. The predicted molar refractivity (Wildman–Crippen MR) is 61.4 cm³/mol. The van der Waals surface area contributed by atoms with Gasteiger partial charge in [-0.3, -0.25) is 0 Å². The van der Waals surface area contributed by atoms with Gasteiger partial charge in [0.05, 0.1) is 0 Å². The molecule has 1 unspecified atom stereocenters. The van der Waals surface area contributed by atoms with Crippen LogP contribution in [-0.4, -0.2) is 6.10 Å². The minimum absolute atomic E-state index is 0.0227. The first kappa shape index (κ1) is 11.4. The van der Waals surface area contributed by atoms with Crippen molar-refractivity contribution in [3.63, 3.8) is 0 Å². The minimum atomic E-state index is 0.0227. The number of halogens is 2. The average Bonchev–Trinajstić information content (AvgIpc) is 2.01. The zero-order chi connectivity index (χ0) is 10.6. The van der Waals surface area contributed by atoms with E-state index in [0.29, 0.717) is 15.8 Å². The van der Waals surface area contributed by atoms with Crippen LogP contribution in [-0.2, 0) is 0 Å². The maximum absolute atomic E-state index is 5.83. The first-order valence-electron chi connectivity index (χ1n) is 4.37. The molecule has 0 saturated heterocycles. The predicted octanol–water partition coefficient (Wildman–Crippen LogP) is 4.34. The van der Waals surface area contributed by atoms with Crippen LogP contribution in [0, 0.1) is 0 Å². The van der Waals surface area contributed by atoms with Crippen molar-refractivity contribution in [3.8, 4) is 5.75 Å². The number of rotatable bonds is 3. The lowest BCUT2D eigenvalue weighted by Gasteiger charge is -2.11. The SMILES string of the molecule is C/C=C/C(C)Oc1cc(Cl)cc(Cl)c1. The lowest BCUT2D eigenvalue weighted by molar-refractivity contribution is 0.270. The van der Waals surface area contributed by atoms with Gasteiger partial charge in [0.1, 0.15) is 11.9 Å². The van der Waals surface area contributed by atoms with Crippen LogP contribution < -0.4 is 4.74 Å². The largest absolute Gasteiger partial charge is 0.487 e. The summed E-state index contributed by atoms with van der Waals surface area (Å²) in [6, 6.07) is 5.16. The van der Waals surface area contributed by atoms with Crippen LogP contribution in [0.2, 0.25) is 10.0 Å². The second-order valence-electron chi connectivity index (χ2n) is 2.95. The highest BCUT2D eigenvalue weighted by molar-refractivity contribution is 6.34. The molecule has 76 valence electrons. The van der Waals surface area contributed by atoms with Gasteiger partial charge in [-0.25, -0.2) is 0 Å². The number of allylic oxidation sites excluding steroid dienone is 1. The standard InChI is InChI=1S/C11H12Cl2O/c1-3-4-8(2)14-11-6-9(12)5-10(13)7-11/h3-8H,1-2H3/b4-3+. The first-order chi connectivity index (χ1) is 6.61. The summed E-state index contributed by atoms with van der Waals surface area (Å²) in [5, 5.41) is 1.17. The minimum Gasteiger partial charge on any atom is -0.487 e. The molecule has 0 bridgehead atoms. The topological polar surface area (TPSA) is 9.23 Å². The third-order valence-electron chi connectivity index (χ3n) is 1.62. The van der Waals surface area contributed by atoms with Crippen molar-refractivity contribution in [1.82, 2.24) is 0 Å². The Morgan fingerprint density at radius 1 is 1.21 bits per heavy atom. The van der Waals surface area contributed by atoms with E-state index in [1.165, 1.54) is 0 Å². The molecule has 0 fully saturated rings. The normalized spacial score (nSPS) is 13.1. The summed E-state index contributed by atoms with van der Waals surface area (Å²) in [4.78, 5) is 0. The van der Waals surface area contributed by atoms with E-state index in [0.717, 1.165) is 0 Å². The monoisotopic (exact) mass is 230 g/mol. The zero-order valence-electron chi connectivity index (χ0n) is 8.13. The van der Waals surface area contributed by atoms with E-state index < -0.39 is 0 Å². The quantitative estimate of drug-likeness (QED) is 0.703. The molecule has 0 aliphatic heterocycles. The third kappa shape index (κ3) is 3.60. The Morgan fingerprint density at radius 3 is 2.29 bits per heavy atom. The zero-order valence-corrected chi connectivity index (χ0v) is 9.64. The smallest absolute Gasteiger partial charge is 0.123 e. The summed E-state index contributed by atoms with van der Waals surface area (Å²) in [5.41, 5.74) is 0. The molecule has 1 atom stereocenters. The fourth-order valence-corrected chi connectivity index (χ4v) is 1.63. The fraction of sp³-hybridized carbons (Fsp3) is 0.273. The van der Waals surface area contributed by atoms with Crippen LogP contribution in [0.4, 0.5) is 0 Å². The van der Waals surface area contributed by atoms with E-state index in [1.807, 2.05) is 26.0 Å². The van der Waals surface area contributed by atoms with Gasteiger partial charge < -0.3 is 4.74 Å². The molecule has 3 heteroatoms. The van der Waals surface area contributed by atoms with Crippen LogP contribution in [0.1, 0.15) is 13.8 Å². The van der Waals surface area contributed by atoms with Crippen molar-refractivity contribution in [1.29, 1.82) is 0 Å². The van der Waals surface area contributed by atoms with E-state index >= 15 is 0 Å². The van der Waals surface area contributed by atoms with Crippen molar-refractivity contribution in [3.05, 3.63) is 40.4 Å². The van der Waals surface area contributed by atoms with Gasteiger partial charge in [-0.2, -0.15) is 0 Å². The Hall–Kier alpha value is -0.660. The van der Waals surface area contributed by atoms with Crippen LogP contribution in [0.15, 0.2) is 30.4 Å². The molecule has 1 aromatic rings. The molecule has 0 amide bonds. The van der Waals surface area contributed by atoms with Gasteiger partial charge in [0, 0.05) is 10.0 Å². The number of benzene rings is 1. The van der Waals surface area contributed by atoms with Crippen LogP contribution >= 0.6 is 23.2 Å². The van der Waals surface area contributed by atoms with E-state index in [2.05, 4.69) is 0 Å². The second-order valence-corrected chi connectivity index (χ2v) is 3.83. The van der Waals surface area contributed by atoms with Crippen molar-refractivity contribution in [2.24, 2.45) is 0 Å². The molecule has 0 aliphatic carbocycles. The van der Waals surface area contributed by atoms with Crippen molar-refractivity contribution in [2.45, 2.75) is 20.0 Å². The summed E-state index contributed by atoms with van der Waals surface area (Å²) >= 11 is 11.7. The molecular formula is C11H12Cl2O. The van der Waals surface area contributed by atoms with Gasteiger partial charge in [-0.1, -0.05) is 29.3 Å². The maximum Gasteiger partial charge on any atom is 0.123 e. The third-order valence-corrected chi connectivity index (χ3v) is 2.06. The Labute approximate surface area is 94.3 Å². The van der Waals surface area contributed by atoms with Gasteiger partial charge >= 0.3 is 0 Å². The Kier molecular flexibility index (Phi) is 4.30. The highest BCUT2D eigenvalue weighted by Crippen LogP contribution is 2.24. The van der Waals surface area contributed by atoms with Gasteiger partial charge in [0.2, 0.25) is 0 Å². The molecular weight excluding hydrogens is 219 g/mol. The highest BCUT2D eigenvalue weighted by Gasteiger charge is 2.02. The maximum atomic E-state index is 5.83. The lowest BCUT2D eigenvalue weighted by atomic mass is 10.3. The first-order valence-corrected chi connectivity index (χ1v) is 5.13. The van der Waals surface area contributed by atoms with Gasteiger partial charge in [-0.15, -0.1) is 0 Å². The molecule has 0 heterocycles. The highest BCUT2D eigenvalue weighted by atomic mass is 35.5. The molecule has 0 radical (unpaired) electrons. The lowest BCUT2D eigenvalue weighted by Crippen LogP contribution is -2.07. The Balaban J connectivity index is 2.76. The van der Waals surface area contributed by atoms with Gasteiger partial charge in [0.25, 0.3) is 0 Å². The molecule has 0 aromatic heterocycles. The molecule has 14 heavy (non-hydrogen) atoms. The van der Waals surface area contributed by atoms with Crippen molar-refractivity contribution < 1.29 is 4.74 Å². The molecule has 0 spiro atoms. The van der Waals surface area contributed by atoms with Gasteiger partial charge in [-0.05, 0) is 38.1 Å². The molecule has 0 saturated carbocycles. The van der Waals surface area contributed by atoms with Crippen molar-refractivity contribution in [2.75, 3.05) is 0 Å². The Morgan fingerprint density at radius 2 is 1.79 bits per heavy atom. The van der Waals surface area contributed by atoms with Crippen LogP contribution in [0.3, 0.4) is 0 Å². The van der Waals surface area contributed by atoms with Gasteiger partial charge in [0.15, 0.2) is 0 Å². The average molecular weight is 231 g/mol. The summed E-state index contributed by atoms with van der Waals surface area (Å²) in [6.45, 7) is 3.90. The molecule has 0 N–H and O–H groups in total. The molecule has 1 aromatic carbocycles. The molecule has 1 rings (SSSR count). The summed E-state index contributed by atoms with van der Waals surface area (Å²) < 4.78 is 5.56. The fourth-order valence-electron chi connectivity index (χ4n) is 1.12. The summed E-state index contributed by atoms with van der Waals surface area (Å²) in [7, 11) is 0. The van der Waals surface area contributed by atoms with Crippen LogP contribution in [0.25, 0.3) is 0 Å². The second kappa shape index (κ2) is 5.28. The van der Waals surface area contributed by atoms with E-state index in [4.69, 9.17) is 27.9 Å². The Bertz CT molecular complexity index is 314.